The Morgan fingerprint density at radius 2 is 1.65 bits per heavy atom. The first-order chi connectivity index (χ1) is 12.2. The molecule has 0 saturated carbocycles. The fraction of sp³-hybridized carbons (Fsp3) is 0.632. The zero-order valence-corrected chi connectivity index (χ0v) is 15.3. The standard InChI is InChI=1S/C19H24O7/c1-18(2)21-10-12(24-18)13-14-15(26-19(3,4)25-14)17(22-13)23-16(20)11-8-6-5-7-9-11/h5-9,12-15,17H,10H2,1-4H3/t12?,13-,14?,15?,17?/m0/s1. The molecule has 7 nitrogen and oxygen atoms in total. The van der Waals surface area contributed by atoms with E-state index in [1.165, 1.54) is 0 Å². The lowest BCUT2D eigenvalue weighted by atomic mass is 10.1. The number of hydrogen-bond donors (Lipinski definition) is 0. The largest absolute Gasteiger partial charge is 0.429 e. The summed E-state index contributed by atoms with van der Waals surface area (Å²) in [6.07, 6.45) is -2.56. The molecule has 3 fully saturated rings. The zero-order chi connectivity index (χ0) is 18.5. The molecule has 142 valence electrons. The molecule has 7 heteroatoms. The average Bonchev–Trinajstić information content (AvgIpc) is 3.19. The molecule has 4 unspecified atom stereocenters. The smallest absolute Gasteiger partial charge is 0.340 e. The van der Waals surface area contributed by atoms with Gasteiger partial charge in [0.15, 0.2) is 17.7 Å². The van der Waals surface area contributed by atoms with Crippen LogP contribution in [-0.2, 0) is 28.4 Å². The topological polar surface area (TPSA) is 72.5 Å². The van der Waals surface area contributed by atoms with Crippen molar-refractivity contribution in [1.82, 2.24) is 0 Å². The van der Waals surface area contributed by atoms with Crippen molar-refractivity contribution in [2.45, 2.75) is 70.0 Å². The number of carbonyl (C=O) groups excluding carboxylic acids is 1. The van der Waals surface area contributed by atoms with Crippen LogP contribution in [0.25, 0.3) is 0 Å². The number of hydrogen-bond acceptors (Lipinski definition) is 7. The van der Waals surface area contributed by atoms with Crippen molar-refractivity contribution in [3.63, 3.8) is 0 Å². The minimum atomic E-state index is -0.869. The molecular weight excluding hydrogens is 340 g/mol. The zero-order valence-electron chi connectivity index (χ0n) is 15.3. The van der Waals surface area contributed by atoms with E-state index < -0.39 is 42.1 Å². The van der Waals surface area contributed by atoms with Gasteiger partial charge in [-0.3, -0.25) is 0 Å². The fourth-order valence-corrected chi connectivity index (χ4v) is 3.61. The van der Waals surface area contributed by atoms with Crippen molar-refractivity contribution < 1.29 is 33.2 Å². The van der Waals surface area contributed by atoms with Gasteiger partial charge < -0.3 is 28.4 Å². The summed E-state index contributed by atoms with van der Waals surface area (Å²) >= 11 is 0. The molecule has 3 heterocycles. The van der Waals surface area contributed by atoms with E-state index in [1.54, 1.807) is 24.3 Å². The number of carbonyl (C=O) groups is 1. The van der Waals surface area contributed by atoms with E-state index in [9.17, 15) is 4.79 Å². The molecule has 3 aliphatic heterocycles. The Morgan fingerprint density at radius 3 is 2.31 bits per heavy atom. The SMILES string of the molecule is CC1(C)OCC([C@@H]2OC(OC(=O)c3ccccc3)C3OC(C)(C)OC32)O1. The monoisotopic (exact) mass is 364 g/mol. The molecule has 0 bridgehead atoms. The maximum atomic E-state index is 12.4. The Balaban J connectivity index is 1.51. The summed E-state index contributed by atoms with van der Waals surface area (Å²) < 4.78 is 35.1. The molecule has 0 aromatic heterocycles. The van der Waals surface area contributed by atoms with E-state index in [1.807, 2.05) is 33.8 Å². The molecule has 26 heavy (non-hydrogen) atoms. The third kappa shape index (κ3) is 3.37. The van der Waals surface area contributed by atoms with Crippen molar-refractivity contribution in [1.29, 1.82) is 0 Å². The summed E-state index contributed by atoms with van der Waals surface area (Å²) in [6, 6.07) is 8.78. The fourth-order valence-electron chi connectivity index (χ4n) is 3.61. The molecule has 0 N–H and O–H groups in total. The summed E-state index contributed by atoms with van der Waals surface area (Å²) in [5.74, 6) is -1.94. The average molecular weight is 364 g/mol. The van der Waals surface area contributed by atoms with Crippen molar-refractivity contribution in [2.24, 2.45) is 0 Å². The van der Waals surface area contributed by atoms with Crippen molar-refractivity contribution >= 4 is 5.97 Å². The minimum Gasteiger partial charge on any atom is -0.429 e. The highest BCUT2D eigenvalue weighted by Gasteiger charge is 2.60. The third-order valence-electron chi connectivity index (χ3n) is 4.68. The Bertz CT molecular complexity index is 672. The van der Waals surface area contributed by atoms with Gasteiger partial charge in [0.1, 0.15) is 18.3 Å². The van der Waals surface area contributed by atoms with E-state index >= 15 is 0 Å². The maximum Gasteiger partial charge on any atom is 0.340 e. The number of fused-ring (bicyclic) bond motifs is 1. The second-order valence-corrected chi connectivity index (χ2v) is 7.67. The third-order valence-corrected chi connectivity index (χ3v) is 4.68. The Hall–Kier alpha value is -1.51. The maximum absolute atomic E-state index is 12.4. The number of benzene rings is 1. The normalized spacial score (nSPS) is 37.5. The summed E-state index contributed by atoms with van der Waals surface area (Å²) in [6.45, 7) is 7.73. The van der Waals surface area contributed by atoms with E-state index in [0.717, 1.165) is 0 Å². The van der Waals surface area contributed by atoms with Gasteiger partial charge in [-0.25, -0.2) is 4.79 Å². The van der Waals surface area contributed by atoms with Gasteiger partial charge in [0.25, 0.3) is 0 Å². The van der Waals surface area contributed by atoms with Gasteiger partial charge in [0.05, 0.1) is 12.2 Å². The Kier molecular flexibility index (Phi) is 4.32. The lowest BCUT2D eigenvalue weighted by Gasteiger charge is -2.26. The van der Waals surface area contributed by atoms with E-state index in [0.29, 0.717) is 12.2 Å². The molecule has 1 aromatic carbocycles. The van der Waals surface area contributed by atoms with Gasteiger partial charge in [0.2, 0.25) is 6.29 Å². The van der Waals surface area contributed by atoms with E-state index in [-0.39, 0.29) is 6.10 Å². The van der Waals surface area contributed by atoms with Crippen molar-refractivity contribution in [3.8, 4) is 0 Å². The highest BCUT2D eigenvalue weighted by atomic mass is 16.8. The first kappa shape index (κ1) is 17.9. The number of ether oxygens (including phenoxy) is 6. The lowest BCUT2D eigenvalue weighted by molar-refractivity contribution is -0.235. The van der Waals surface area contributed by atoms with Gasteiger partial charge in [-0.1, -0.05) is 18.2 Å². The molecule has 0 spiro atoms. The van der Waals surface area contributed by atoms with Crippen LogP contribution in [0.5, 0.6) is 0 Å². The van der Waals surface area contributed by atoms with Crippen LogP contribution in [0, 0.1) is 0 Å². The van der Waals surface area contributed by atoms with E-state index in [4.69, 9.17) is 28.4 Å². The summed E-state index contributed by atoms with van der Waals surface area (Å²) in [5.41, 5.74) is 0.454. The predicted molar refractivity (Wildman–Crippen MR) is 89.2 cm³/mol. The molecule has 1 aromatic rings. The molecule has 0 amide bonds. The van der Waals surface area contributed by atoms with Crippen LogP contribution in [0.1, 0.15) is 38.1 Å². The predicted octanol–water partition coefficient (Wildman–Crippen LogP) is 2.24. The highest BCUT2D eigenvalue weighted by molar-refractivity contribution is 5.89. The van der Waals surface area contributed by atoms with E-state index in [2.05, 4.69) is 0 Å². The van der Waals surface area contributed by atoms with Crippen LogP contribution in [0.3, 0.4) is 0 Å². The van der Waals surface area contributed by atoms with Crippen LogP contribution in [0.2, 0.25) is 0 Å². The Morgan fingerprint density at radius 1 is 0.962 bits per heavy atom. The molecule has 3 aliphatic rings. The summed E-state index contributed by atoms with van der Waals surface area (Å²) in [4.78, 5) is 12.4. The molecular formula is C19H24O7. The first-order valence-corrected chi connectivity index (χ1v) is 8.83. The molecule has 5 atom stereocenters. The molecule has 0 radical (unpaired) electrons. The second-order valence-electron chi connectivity index (χ2n) is 7.67. The van der Waals surface area contributed by atoms with Crippen LogP contribution in [0.15, 0.2) is 30.3 Å². The van der Waals surface area contributed by atoms with Crippen LogP contribution < -0.4 is 0 Å². The lowest BCUT2D eigenvalue weighted by Crippen LogP contribution is -2.40. The quantitative estimate of drug-likeness (QED) is 0.762. The number of esters is 1. The second kappa shape index (κ2) is 6.28. The Labute approximate surface area is 152 Å². The van der Waals surface area contributed by atoms with Gasteiger partial charge in [-0.05, 0) is 39.8 Å². The van der Waals surface area contributed by atoms with Crippen LogP contribution >= 0.6 is 0 Å². The van der Waals surface area contributed by atoms with Gasteiger partial charge in [0, 0.05) is 0 Å². The number of rotatable bonds is 3. The first-order valence-electron chi connectivity index (χ1n) is 8.83. The van der Waals surface area contributed by atoms with Crippen LogP contribution in [0.4, 0.5) is 0 Å². The van der Waals surface area contributed by atoms with Gasteiger partial charge in [-0.2, -0.15) is 0 Å². The molecule has 0 aliphatic carbocycles. The van der Waals surface area contributed by atoms with Crippen LogP contribution in [-0.4, -0.2) is 54.9 Å². The summed E-state index contributed by atoms with van der Waals surface area (Å²) in [7, 11) is 0. The van der Waals surface area contributed by atoms with Gasteiger partial charge >= 0.3 is 5.97 Å². The summed E-state index contributed by atoms with van der Waals surface area (Å²) in [5, 5.41) is 0. The van der Waals surface area contributed by atoms with Gasteiger partial charge in [-0.15, -0.1) is 0 Å². The minimum absolute atomic E-state index is 0.324. The van der Waals surface area contributed by atoms with Crippen molar-refractivity contribution in [2.75, 3.05) is 6.61 Å². The highest BCUT2D eigenvalue weighted by Crippen LogP contribution is 2.42. The molecule has 4 rings (SSSR count). The molecule has 3 saturated heterocycles. The van der Waals surface area contributed by atoms with Crippen molar-refractivity contribution in [3.05, 3.63) is 35.9 Å².